The number of rotatable bonds is 5. The standard InChI is InChI=1S/C19H16N2O2S/c1-13-12-24-19(21-13)16-3-2-4-17(9-16)23-11-18(22)15-7-5-14(10-20)6-8-15/h2-9,12,18,22H,11H2,1H3. The van der Waals surface area contributed by atoms with E-state index in [1.54, 1.807) is 35.6 Å². The summed E-state index contributed by atoms with van der Waals surface area (Å²) in [7, 11) is 0. The van der Waals surface area contributed by atoms with Gasteiger partial charge in [-0.05, 0) is 36.8 Å². The Kier molecular flexibility index (Phi) is 4.90. The second-order valence-electron chi connectivity index (χ2n) is 5.38. The zero-order chi connectivity index (χ0) is 16.9. The maximum atomic E-state index is 10.2. The lowest BCUT2D eigenvalue weighted by Gasteiger charge is -2.13. The van der Waals surface area contributed by atoms with Crippen LogP contribution in [0.5, 0.6) is 5.75 Å². The number of aliphatic hydroxyl groups excluding tert-OH is 1. The Labute approximate surface area is 144 Å². The molecule has 0 aliphatic heterocycles. The molecule has 3 aromatic rings. The molecule has 5 heteroatoms. The first kappa shape index (κ1) is 16.2. The normalized spacial score (nSPS) is 11.7. The SMILES string of the molecule is Cc1csc(-c2cccc(OCC(O)c3ccc(C#N)cc3)c2)n1. The topological polar surface area (TPSA) is 66.1 Å². The minimum atomic E-state index is -0.747. The van der Waals surface area contributed by atoms with E-state index in [1.165, 1.54) is 0 Å². The van der Waals surface area contributed by atoms with Gasteiger partial charge in [0.05, 0.1) is 11.6 Å². The lowest BCUT2D eigenvalue weighted by Crippen LogP contribution is -2.09. The van der Waals surface area contributed by atoms with Crippen molar-refractivity contribution in [1.82, 2.24) is 4.98 Å². The van der Waals surface area contributed by atoms with Crippen molar-refractivity contribution in [2.45, 2.75) is 13.0 Å². The smallest absolute Gasteiger partial charge is 0.123 e. The van der Waals surface area contributed by atoms with E-state index >= 15 is 0 Å². The van der Waals surface area contributed by atoms with Gasteiger partial charge in [-0.3, -0.25) is 0 Å². The molecule has 0 amide bonds. The molecule has 0 bridgehead atoms. The Morgan fingerprint density at radius 1 is 1.25 bits per heavy atom. The second-order valence-corrected chi connectivity index (χ2v) is 6.24. The molecular weight excluding hydrogens is 320 g/mol. The van der Waals surface area contributed by atoms with Crippen LogP contribution < -0.4 is 4.74 Å². The molecule has 1 aromatic heterocycles. The van der Waals surface area contributed by atoms with E-state index in [0.29, 0.717) is 11.3 Å². The van der Waals surface area contributed by atoms with Crippen LogP contribution in [0.1, 0.15) is 22.9 Å². The summed E-state index contributed by atoms with van der Waals surface area (Å²) in [5.74, 6) is 0.688. The molecule has 1 unspecified atom stereocenters. The maximum absolute atomic E-state index is 10.2. The zero-order valence-corrected chi connectivity index (χ0v) is 14.0. The van der Waals surface area contributed by atoms with Gasteiger partial charge in [-0.25, -0.2) is 4.98 Å². The van der Waals surface area contributed by atoms with Crippen molar-refractivity contribution in [1.29, 1.82) is 5.26 Å². The van der Waals surface area contributed by atoms with Crippen LogP contribution in [0.2, 0.25) is 0 Å². The summed E-state index contributed by atoms with van der Waals surface area (Å²) in [5.41, 5.74) is 3.29. The van der Waals surface area contributed by atoms with Crippen molar-refractivity contribution in [3.63, 3.8) is 0 Å². The molecule has 24 heavy (non-hydrogen) atoms. The van der Waals surface area contributed by atoms with Gasteiger partial charge in [0.1, 0.15) is 23.5 Å². The van der Waals surface area contributed by atoms with Gasteiger partial charge in [0.25, 0.3) is 0 Å². The second kappa shape index (κ2) is 7.26. The summed E-state index contributed by atoms with van der Waals surface area (Å²) < 4.78 is 5.71. The number of thiazole rings is 1. The lowest BCUT2D eigenvalue weighted by atomic mass is 10.1. The van der Waals surface area contributed by atoms with Crippen LogP contribution in [-0.2, 0) is 0 Å². The van der Waals surface area contributed by atoms with E-state index in [0.717, 1.165) is 21.8 Å². The summed E-state index contributed by atoms with van der Waals surface area (Å²) in [6, 6.07) is 16.6. The molecule has 3 rings (SSSR count). The first-order valence-corrected chi connectivity index (χ1v) is 8.37. The highest BCUT2D eigenvalue weighted by Gasteiger charge is 2.10. The molecule has 2 aromatic carbocycles. The van der Waals surface area contributed by atoms with Gasteiger partial charge in [0.2, 0.25) is 0 Å². The van der Waals surface area contributed by atoms with Gasteiger partial charge in [-0.1, -0.05) is 24.3 Å². The maximum Gasteiger partial charge on any atom is 0.123 e. The van der Waals surface area contributed by atoms with E-state index in [1.807, 2.05) is 36.6 Å². The van der Waals surface area contributed by atoms with E-state index in [2.05, 4.69) is 11.1 Å². The van der Waals surface area contributed by atoms with Gasteiger partial charge in [0.15, 0.2) is 0 Å². The third-order valence-corrected chi connectivity index (χ3v) is 4.54. The molecule has 4 nitrogen and oxygen atoms in total. The molecule has 0 saturated heterocycles. The van der Waals surface area contributed by atoms with E-state index in [9.17, 15) is 5.11 Å². The minimum Gasteiger partial charge on any atom is -0.491 e. The molecule has 1 heterocycles. The Bertz CT molecular complexity index is 866. The number of aromatic nitrogens is 1. The number of aryl methyl sites for hydroxylation is 1. The third kappa shape index (κ3) is 3.80. The summed E-state index contributed by atoms with van der Waals surface area (Å²) in [5, 5.41) is 22.0. The highest BCUT2D eigenvalue weighted by molar-refractivity contribution is 7.13. The molecule has 1 atom stereocenters. The number of hydrogen-bond acceptors (Lipinski definition) is 5. The molecule has 1 N–H and O–H groups in total. The summed E-state index contributed by atoms with van der Waals surface area (Å²) >= 11 is 1.59. The number of aliphatic hydroxyl groups is 1. The van der Waals surface area contributed by atoms with Crippen molar-refractivity contribution in [2.24, 2.45) is 0 Å². The van der Waals surface area contributed by atoms with Crippen molar-refractivity contribution < 1.29 is 9.84 Å². The van der Waals surface area contributed by atoms with Gasteiger partial charge in [0, 0.05) is 16.6 Å². The number of nitriles is 1. The van der Waals surface area contributed by atoms with Crippen LogP contribution in [0.4, 0.5) is 0 Å². The lowest BCUT2D eigenvalue weighted by molar-refractivity contribution is 0.108. The predicted molar refractivity (Wildman–Crippen MR) is 93.9 cm³/mol. The monoisotopic (exact) mass is 336 g/mol. The molecule has 0 radical (unpaired) electrons. The molecule has 0 saturated carbocycles. The van der Waals surface area contributed by atoms with Crippen molar-refractivity contribution >= 4 is 11.3 Å². The van der Waals surface area contributed by atoms with Crippen LogP contribution in [0.15, 0.2) is 53.9 Å². The van der Waals surface area contributed by atoms with Crippen LogP contribution in [0.3, 0.4) is 0 Å². The average Bonchev–Trinajstić information content (AvgIpc) is 3.06. The number of nitrogens with zero attached hydrogens (tertiary/aromatic N) is 2. The predicted octanol–water partition coefficient (Wildman–Crippen LogP) is 4.10. The Balaban J connectivity index is 1.66. The summed E-state index contributed by atoms with van der Waals surface area (Å²) in [6.45, 7) is 2.11. The minimum absolute atomic E-state index is 0.145. The number of hydrogen-bond donors (Lipinski definition) is 1. The van der Waals surface area contributed by atoms with Crippen molar-refractivity contribution in [3.05, 3.63) is 70.7 Å². The van der Waals surface area contributed by atoms with Gasteiger partial charge in [-0.15, -0.1) is 11.3 Å². The number of ether oxygens (including phenoxy) is 1. The first-order chi connectivity index (χ1) is 11.7. The quantitative estimate of drug-likeness (QED) is 0.761. The average molecular weight is 336 g/mol. The van der Waals surface area contributed by atoms with Gasteiger partial charge in [-0.2, -0.15) is 5.26 Å². The third-order valence-electron chi connectivity index (χ3n) is 3.53. The fourth-order valence-corrected chi connectivity index (χ4v) is 3.05. The van der Waals surface area contributed by atoms with Gasteiger partial charge < -0.3 is 9.84 Å². The number of benzene rings is 2. The highest BCUT2D eigenvalue weighted by atomic mass is 32.1. The summed E-state index contributed by atoms with van der Waals surface area (Å²) in [6.07, 6.45) is -0.747. The molecule has 0 spiro atoms. The van der Waals surface area contributed by atoms with E-state index < -0.39 is 6.10 Å². The molecule has 0 aliphatic rings. The first-order valence-electron chi connectivity index (χ1n) is 7.49. The molecule has 120 valence electrons. The van der Waals surface area contributed by atoms with Crippen LogP contribution in [0.25, 0.3) is 10.6 Å². The Hall–Kier alpha value is -2.68. The van der Waals surface area contributed by atoms with Crippen LogP contribution in [0, 0.1) is 18.3 Å². The van der Waals surface area contributed by atoms with Gasteiger partial charge >= 0.3 is 0 Å². The fourth-order valence-electron chi connectivity index (χ4n) is 2.26. The van der Waals surface area contributed by atoms with Crippen molar-refractivity contribution in [3.8, 4) is 22.4 Å². The fraction of sp³-hybridized carbons (Fsp3) is 0.158. The molecule has 0 fully saturated rings. The van der Waals surface area contributed by atoms with E-state index in [4.69, 9.17) is 10.00 Å². The van der Waals surface area contributed by atoms with Crippen molar-refractivity contribution in [2.75, 3.05) is 6.61 Å². The summed E-state index contributed by atoms with van der Waals surface area (Å²) in [4.78, 5) is 4.47. The molecular formula is C19H16N2O2S. The highest BCUT2D eigenvalue weighted by Crippen LogP contribution is 2.27. The zero-order valence-electron chi connectivity index (χ0n) is 13.1. The van der Waals surface area contributed by atoms with E-state index in [-0.39, 0.29) is 6.61 Å². The largest absolute Gasteiger partial charge is 0.491 e. The Morgan fingerprint density at radius 3 is 2.71 bits per heavy atom. The molecule has 0 aliphatic carbocycles. The van der Waals surface area contributed by atoms with Crippen LogP contribution in [-0.4, -0.2) is 16.7 Å². The van der Waals surface area contributed by atoms with Crippen LogP contribution >= 0.6 is 11.3 Å². The Morgan fingerprint density at radius 2 is 2.04 bits per heavy atom.